The second-order valence-corrected chi connectivity index (χ2v) is 7.66. The van der Waals surface area contributed by atoms with Crippen LogP contribution in [0.3, 0.4) is 0 Å². The summed E-state index contributed by atoms with van der Waals surface area (Å²) in [6.07, 6.45) is 4.90. The highest BCUT2D eigenvalue weighted by molar-refractivity contribution is 5.92. The van der Waals surface area contributed by atoms with E-state index in [0.717, 1.165) is 16.6 Å². The number of fused-ring (bicyclic) bond motifs is 1. The van der Waals surface area contributed by atoms with Gasteiger partial charge in [0.25, 0.3) is 0 Å². The molecule has 9 heteroatoms. The summed E-state index contributed by atoms with van der Waals surface area (Å²) in [7, 11) is 1.54. The fourth-order valence-electron chi connectivity index (χ4n) is 3.68. The molecule has 1 N–H and O–H groups in total. The number of aryl methyl sites for hydroxylation is 1. The van der Waals surface area contributed by atoms with Gasteiger partial charge in [-0.05, 0) is 30.7 Å². The fourth-order valence-corrected chi connectivity index (χ4v) is 3.68. The first-order valence-electron chi connectivity index (χ1n) is 10.5. The number of hydrogen-bond acceptors (Lipinski definition) is 6. The van der Waals surface area contributed by atoms with Crippen molar-refractivity contribution in [3.63, 3.8) is 0 Å². The third-order valence-electron chi connectivity index (χ3n) is 5.46. The Morgan fingerprint density at radius 3 is 2.59 bits per heavy atom. The molecule has 0 saturated heterocycles. The van der Waals surface area contributed by atoms with Crippen molar-refractivity contribution in [1.82, 2.24) is 24.7 Å². The van der Waals surface area contributed by atoms with Gasteiger partial charge in [-0.1, -0.05) is 30.3 Å². The molecule has 2 aromatic carbocycles. The van der Waals surface area contributed by atoms with Gasteiger partial charge in [0.2, 0.25) is 0 Å². The van der Waals surface area contributed by atoms with Crippen molar-refractivity contribution in [2.45, 2.75) is 13.5 Å². The molecule has 0 aliphatic carbocycles. The Bertz CT molecular complexity index is 1490. The molecule has 3 heterocycles. The number of methoxy groups -OCH3 is 1. The Balaban J connectivity index is 1.59. The van der Waals surface area contributed by atoms with Gasteiger partial charge in [0.05, 0.1) is 25.4 Å². The van der Waals surface area contributed by atoms with Crippen molar-refractivity contribution in [1.29, 1.82) is 0 Å². The van der Waals surface area contributed by atoms with Crippen LogP contribution in [0.1, 0.15) is 11.1 Å². The van der Waals surface area contributed by atoms with Gasteiger partial charge in [0.15, 0.2) is 29.0 Å². The van der Waals surface area contributed by atoms with Gasteiger partial charge in [-0.2, -0.15) is 5.10 Å². The number of hydrogen-bond donors (Lipinski definition) is 1. The average molecular weight is 458 g/mol. The molecule has 0 atom stereocenters. The maximum Gasteiger partial charge on any atom is 0.183 e. The summed E-state index contributed by atoms with van der Waals surface area (Å²) in [5.74, 6) is -0.432. The zero-order valence-electron chi connectivity index (χ0n) is 18.5. The number of rotatable bonds is 6. The Hall–Kier alpha value is -4.40. The van der Waals surface area contributed by atoms with Crippen molar-refractivity contribution in [2.75, 3.05) is 12.4 Å². The fraction of sp³-hybridized carbons (Fsp3) is 0.120. The third kappa shape index (κ3) is 3.92. The van der Waals surface area contributed by atoms with E-state index in [9.17, 15) is 8.78 Å². The lowest BCUT2D eigenvalue weighted by Crippen LogP contribution is -2.06. The monoisotopic (exact) mass is 458 g/mol. The summed E-state index contributed by atoms with van der Waals surface area (Å²) >= 11 is 0. The highest BCUT2D eigenvalue weighted by Crippen LogP contribution is 2.31. The molecule has 0 aliphatic heterocycles. The van der Waals surface area contributed by atoms with Crippen molar-refractivity contribution in [3.05, 3.63) is 89.9 Å². The largest absolute Gasteiger partial charge is 0.491 e. The van der Waals surface area contributed by atoms with Gasteiger partial charge in [-0.25, -0.2) is 18.7 Å². The SMILES string of the molecule is COc1cnc(-c2nn(Cc3ccc(C)c(F)c3F)c3ccccc23)nc1Nc1ccncc1. The van der Waals surface area contributed by atoms with Gasteiger partial charge in [0, 0.05) is 29.0 Å². The highest BCUT2D eigenvalue weighted by atomic mass is 19.2. The van der Waals surface area contributed by atoms with E-state index in [2.05, 4.69) is 25.4 Å². The normalized spacial score (nSPS) is 11.1. The summed E-state index contributed by atoms with van der Waals surface area (Å²) in [5, 5.41) is 8.67. The van der Waals surface area contributed by atoms with E-state index in [1.807, 2.05) is 24.3 Å². The lowest BCUT2D eigenvalue weighted by Gasteiger charge is -2.10. The smallest absolute Gasteiger partial charge is 0.183 e. The number of pyridine rings is 1. The second kappa shape index (κ2) is 8.86. The number of nitrogens with zero attached hydrogens (tertiary/aromatic N) is 5. The molecular weight excluding hydrogens is 438 g/mol. The lowest BCUT2D eigenvalue weighted by molar-refractivity contribution is 0.413. The van der Waals surface area contributed by atoms with Crippen molar-refractivity contribution < 1.29 is 13.5 Å². The standard InChI is InChI=1S/C25H20F2N6O/c1-15-7-8-16(22(27)21(15)26)14-33-19-6-4-3-5-18(19)23(32-33)25-29-13-20(34-2)24(31-25)30-17-9-11-28-12-10-17/h3-13H,14H2,1-2H3,(H,28,29,30,31). The molecule has 5 rings (SSSR count). The molecule has 0 saturated carbocycles. The van der Waals surface area contributed by atoms with Gasteiger partial charge in [-0.3, -0.25) is 9.67 Å². The second-order valence-electron chi connectivity index (χ2n) is 7.66. The predicted molar refractivity (Wildman–Crippen MR) is 125 cm³/mol. The van der Waals surface area contributed by atoms with Crippen LogP contribution in [0.2, 0.25) is 0 Å². The quantitative estimate of drug-likeness (QED) is 0.373. The van der Waals surface area contributed by atoms with E-state index in [1.54, 1.807) is 47.5 Å². The predicted octanol–water partition coefficient (Wildman–Crippen LogP) is 5.28. The average Bonchev–Trinajstić information content (AvgIpc) is 3.23. The lowest BCUT2D eigenvalue weighted by atomic mass is 10.1. The van der Waals surface area contributed by atoms with Crippen LogP contribution in [0.25, 0.3) is 22.4 Å². The van der Waals surface area contributed by atoms with Gasteiger partial charge < -0.3 is 10.1 Å². The number of para-hydroxylation sites is 1. The van der Waals surface area contributed by atoms with Crippen LogP contribution in [0.5, 0.6) is 5.75 Å². The zero-order chi connectivity index (χ0) is 23.7. The number of benzene rings is 2. The molecule has 0 spiro atoms. The maximum absolute atomic E-state index is 14.6. The molecule has 0 bridgehead atoms. The molecule has 0 radical (unpaired) electrons. The Kier molecular flexibility index (Phi) is 5.59. The van der Waals surface area contributed by atoms with E-state index in [4.69, 9.17) is 4.74 Å². The van der Waals surface area contributed by atoms with Crippen LogP contribution in [0.15, 0.2) is 67.1 Å². The summed E-state index contributed by atoms with van der Waals surface area (Å²) in [6, 6.07) is 14.2. The van der Waals surface area contributed by atoms with Crippen LogP contribution in [0, 0.1) is 18.6 Å². The van der Waals surface area contributed by atoms with E-state index >= 15 is 0 Å². The minimum absolute atomic E-state index is 0.0574. The number of ether oxygens (including phenoxy) is 1. The Labute approximate surface area is 194 Å². The number of halogens is 2. The molecular formula is C25H20F2N6O. The molecule has 34 heavy (non-hydrogen) atoms. The molecule has 3 aromatic heterocycles. The topological polar surface area (TPSA) is 77.8 Å². The van der Waals surface area contributed by atoms with E-state index in [-0.39, 0.29) is 17.7 Å². The first-order valence-corrected chi connectivity index (χ1v) is 10.5. The minimum Gasteiger partial charge on any atom is -0.491 e. The van der Waals surface area contributed by atoms with Crippen LogP contribution in [-0.4, -0.2) is 31.8 Å². The van der Waals surface area contributed by atoms with Crippen molar-refractivity contribution >= 4 is 22.4 Å². The number of nitrogens with one attached hydrogen (secondary N) is 1. The highest BCUT2D eigenvalue weighted by Gasteiger charge is 2.19. The summed E-state index contributed by atoms with van der Waals surface area (Å²) in [6.45, 7) is 1.59. The summed E-state index contributed by atoms with van der Waals surface area (Å²) in [5.41, 5.74) is 2.52. The van der Waals surface area contributed by atoms with Crippen molar-refractivity contribution in [2.24, 2.45) is 0 Å². The maximum atomic E-state index is 14.6. The number of aromatic nitrogens is 5. The van der Waals surface area contributed by atoms with Crippen LogP contribution >= 0.6 is 0 Å². The Morgan fingerprint density at radius 1 is 1.00 bits per heavy atom. The van der Waals surface area contributed by atoms with E-state index in [0.29, 0.717) is 23.1 Å². The third-order valence-corrected chi connectivity index (χ3v) is 5.46. The molecule has 170 valence electrons. The minimum atomic E-state index is -0.870. The van der Waals surface area contributed by atoms with Crippen LogP contribution in [-0.2, 0) is 6.54 Å². The molecule has 5 aromatic rings. The molecule has 0 unspecified atom stereocenters. The first kappa shape index (κ1) is 21.4. The van der Waals surface area contributed by atoms with Gasteiger partial charge in [-0.15, -0.1) is 0 Å². The Morgan fingerprint density at radius 2 is 1.79 bits per heavy atom. The molecule has 7 nitrogen and oxygen atoms in total. The molecule has 0 amide bonds. The number of anilines is 2. The zero-order valence-corrected chi connectivity index (χ0v) is 18.5. The molecule has 0 aliphatic rings. The first-order chi connectivity index (χ1) is 16.5. The van der Waals surface area contributed by atoms with Crippen LogP contribution in [0.4, 0.5) is 20.3 Å². The summed E-state index contributed by atoms with van der Waals surface area (Å²) in [4.78, 5) is 13.1. The van der Waals surface area contributed by atoms with Crippen molar-refractivity contribution in [3.8, 4) is 17.3 Å². The van der Waals surface area contributed by atoms with Gasteiger partial charge in [0.1, 0.15) is 5.69 Å². The van der Waals surface area contributed by atoms with E-state index < -0.39 is 11.6 Å². The van der Waals surface area contributed by atoms with Crippen LogP contribution < -0.4 is 10.1 Å². The molecule has 0 fully saturated rings. The van der Waals surface area contributed by atoms with E-state index in [1.165, 1.54) is 14.0 Å². The van der Waals surface area contributed by atoms with Gasteiger partial charge >= 0.3 is 0 Å². The summed E-state index contributed by atoms with van der Waals surface area (Å²) < 4.78 is 35.7.